The van der Waals surface area contributed by atoms with Crippen LogP contribution in [-0.4, -0.2) is 15.9 Å². The van der Waals surface area contributed by atoms with Gasteiger partial charge in [0.15, 0.2) is 5.78 Å². The molecule has 1 N–H and O–H groups in total. The van der Waals surface area contributed by atoms with Crippen LogP contribution in [0, 0.1) is 36.7 Å². The van der Waals surface area contributed by atoms with Crippen molar-refractivity contribution in [2.45, 2.75) is 128 Å². The Labute approximate surface area is 353 Å². The van der Waals surface area contributed by atoms with Crippen LogP contribution in [0.15, 0.2) is 76.9 Å². The van der Waals surface area contributed by atoms with Crippen molar-refractivity contribution in [3.8, 4) is 22.4 Å². The van der Waals surface area contributed by atoms with E-state index in [1.54, 1.807) is 0 Å². The van der Waals surface area contributed by atoms with Gasteiger partial charge >= 0.3 is 0 Å². The molecule has 0 amide bonds. The van der Waals surface area contributed by atoms with Crippen molar-refractivity contribution in [2.75, 3.05) is 0 Å². The monoisotopic (exact) mass is 949 g/mol. The molecule has 56 heavy (non-hydrogen) atoms. The van der Waals surface area contributed by atoms with Crippen LogP contribution in [0.2, 0.25) is 0 Å². The normalized spacial score (nSPS) is 12.6. The molecule has 6 rings (SSSR count). The first kappa shape index (κ1) is 45.1. The maximum Gasteiger partial charge on any atom is 0.219 e. The van der Waals surface area contributed by atoms with E-state index in [0.29, 0.717) is 11.6 Å². The molecule has 0 aliphatic heterocycles. The topological polar surface area (TPSA) is 63.3 Å². The fourth-order valence-corrected chi connectivity index (χ4v) is 8.42. The molecule has 6 heteroatoms. The van der Waals surface area contributed by atoms with Gasteiger partial charge in [0.1, 0.15) is 11.5 Å². The van der Waals surface area contributed by atoms with Crippen molar-refractivity contribution >= 4 is 49.1 Å². The Morgan fingerprint density at radius 1 is 0.857 bits per heavy atom. The van der Waals surface area contributed by atoms with Crippen LogP contribution >= 0.6 is 11.3 Å². The minimum Gasteiger partial charge on any atom is -0.512 e. The van der Waals surface area contributed by atoms with Crippen LogP contribution in [0.5, 0.6) is 0 Å². The summed E-state index contributed by atoms with van der Waals surface area (Å²) in [4.78, 5) is 18.6. The van der Waals surface area contributed by atoms with Crippen molar-refractivity contribution in [1.82, 2.24) is 4.98 Å². The largest absolute Gasteiger partial charge is 0.512 e. The van der Waals surface area contributed by atoms with Gasteiger partial charge in [0, 0.05) is 57.7 Å². The summed E-state index contributed by atoms with van der Waals surface area (Å²) in [5.74, 6) is 1.79. The van der Waals surface area contributed by atoms with Crippen molar-refractivity contribution < 1.29 is 34.4 Å². The average molecular weight is 949 g/mol. The van der Waals surface area contributed by atoms with E-state index in [-0.39, 0.29) is 47.9 Å². The molecule has 0 bridgehead atoms. The van der Waals surface area contributed by atoms with E-state index in [1.165, 1.54) is 43.1 Å². The van der Waals surface area contributed by atoms with E-state index >= 15 is 0 Å². The number of furan rings is 1. The van der Waals surface area contributed by atoms with Crippen molar-refractivity contribution in [3.63, 3.8) is 0 Å². The van der Waals surface area contributed by atoms with Gasteiger partial charge in [0.25, 0.3) is 0 Å². The molecule has 0 fully saturated rings. The molecule has 1 radical (unpaired) electrons. The molecule has 0 aliphatic rings. The zero-order valence-electron chi connectivity index (χ0n) is 35.9. The van der Waals surface area contributed by atoms with Crippen LogP contribution in [0.3, 0.4) is 0 Å². The Hall–Kier alpha value is -3.57. The molecule has 3 aromatic carbocycles. The predicted molar refractivity (Wildman–Crippen MR) is 236 cm³/mol. The number of carbonyl (C=O) groups is 1. The van der Waals surface area contributed by atoms with Gasteiger partial charge in [-0.2, -0.15) is 0 Å². The van der Waals surface area contributed by atoms with Gasteiger partial charge in [0.05, 0.1) is 0 Å². The fraction of sp³-hybridized carbons (Fsp3) is 0.440. The second-order valence-corrected chi connectivity index (χ2v) is 18.7. The molecule has 6 aromatic rings. The van der Waals surface area contributed by atoms with Crippen LogP contribution in [0.25, 0.3) is 54.3 Å². The van der Waals surface area contributed by atoms with E-state index in [1.807, 2.05) is 59.8 Å². The van der Waals surface area contributed by atoms with Gasteiger partial charge in [-0.15, -0.1) is 40.5 Å². The number of carbonyl (C=O) groups excluding carboxylic acids is 1. The van der Waals surface area contributed by atoms with Gasteiger partial charge < -0.3 is 9.52 Å². The number of benzene rings is 3. The van der Waals surface area contributed by atoms with Crippen molar-refractivity contribution in [1.29, 1.82) is 0 Å². The Morgan fingerprint density at radius 2 is 1.50 bits per heavy atom. The number of pyridine rings is 1. The Kier molecular flexibility index (Phi) is 14.4. The number of hydrogen-bond acceptors (Lipinski definition) is 5. The summed E-state index contributed by atoms with van der Waals surface area (Å²) >= 11 is 1.90. The van der Waals surface area contributed by atoms with E-state index in [4.69, 9.17) is 9.40 Å². The second-order valence-electron chi connectivity index (χ2n) is 17.4. The molecule has 4 nitrogen and oxygen atoms in total. The number of allylic oxidation sites excluding steroid dienone is 2. The number of nitrogens with zero attached hydrogens (tertiary/aromatic N) is 1. The Bertz CT molecular complexity index is 2340. The SMILES string of the molecule is CCC(C)(CC)C(=O)/C=C(\O)C(C)(CC)CC.Cc1cc2c(-c3ccc4c(CC(C)C)c(C)sc4c3)cc(-c3[c-]c4ccccc4c(C(C)(C)C)c3)nc2o1.[Ir]. The van der Waals surface area contributed by atoms with E-state index in [0.717, 1.165) is 65.5 Å². The molecule has 0 spiro atoms. The first-order chi connectivity index (χ1) is 25.9. The summed E-state index contributed by atoms with van der Waals surface area (Å²) in [6, 6.07) is 25.7. The third kappa shape index (κ3) is 9.41. The number of rotatable bonds is 11. The molecule has 0 atom stereocenters. The molecule has 0 saturated carbocycles. The number of aryl methyl sites for hydroxylation is 2. The predicted octanol–water partition coefficient (Wildman–Crippen LogP) is 15.1. The van der Waals surface area contributed by atoms with E-state index < -0.39 is 0 Å². The molecule has 0 aliphatic carbocycles. The summed E-state index contributed by atoms with van der Waals surface area (Å²) < 4.78 is 7.45. The molecule has 3 aromatic heterocycles. The number of thiophene rings is 1. The van der Waals surface area contributed by atoms with Gasteiger partial charge in [-0.3, -0.25) is 9.78 Å². The van der Waals surface area contributed by atoms with Crippen LogP contribution in [0.4, 0.5) is 0 Å². The van der Waals surface area contributed by atoms with Crippen LogP contribution in [-0.2, 0) is 36.7 Å². The van der Waals surface area contributed by atoms with E-state index in [9.17, 15) is 9.90 Å². The Balaban J connectivity index is 0.000000330. The standard InChI is InChI=1S/C35H34NOS.C15H28O2.Ir/c1-20(2)14-28-22(4)38-33-18-24(12-13-27(28)33)29-19-32(36-34-30(29)15-21(3)37-34)25-16-23-10-8-9-11-26(23)31(17-25)35(5,6)7;1-7-14(5,8-2)12(16)11-13(17)15(6,9-3)10-4;/h8-13,15,17-20H,14H2,1-7H3;11,16H,7-10H2,1-6H3;/q-1;;/b;12-11-;. The van der Waals surface area contributed by atoms with Gasteiger partial charge in [0.2, 0.25) is 5.71 Å². The molecule has 0 unspecified atom stereocenters. The first-order valence-electron chi connectivity index (χ1n) is 20.2. The second kappa shape index (κ2) is 17.9. The summed E-state index contributed by atoms with van der Waals surface area (Å²) in [6.07, 6.45) is 5.87. The molecule has 0 saturated heterocycles. The number of fused-ring (bicyclic) bond motifs is 3. The van der Waals surface area contributed by atoms with Gasteiger partial charge in [-0.05, 0) is 91.5 Å². The third-order valence-corrected chi connectivity index (χ3v) is 13.1. The van der Waals surface area contributed by atoms with Gasteiger partial charge in [-0.1, -0.05) is 124 Å². The Morgan fingerprint density at radius 3 is 2.11 bits per heavy atom. The van der Waals surface area contributed by atoms with Crippen molar-refractivity contribution in [2.24, 2.45) is 16.7 Å². The zero-order valence-corrected chi connectivity index (χ0v) is 39.1. The maximum absolute atomic E-state index is 12.2. The first-order valence-corrected chi connectivity index (χ1v) is 21.0. The molecular formula is C50H62IrNO3S-. The summed E-state index contributed by atoms with van der Waals surface area (Å²) in [7, 11) is 0. The maximum atomic E-state index is 12.2. The van der Waals surface area contributed by atoms with E-state index in [2.05, 4.69) is 108 Å². The number of hydrogen-bond donors (Lipinski definition) is 1. The fourth-order valence-electron chi connectivity index (χ4n) is 7.28. The quantitative estimate of drug-likeness (QED) is 0.0798. The molecular weight excluding hydrogens is 887 g/mol. The minimum absolute atomic E-state index is 0. The van der Waals surface area contributed by atoms with Crippen LogP contribution < -0.4 is 0 Å². The summed E-state index contributed by atoms with van der Waals surface area (Å²) in [5.41, 5.74) is 7.10. The summed E-state index contributed by atoms with van der Waals surface area (Å²) in [6.45, 7) is 27.7. The van der Waals surface area contributed by atoms with Crippen molar-refractivity contribution in [3.05, 3.63) is 100 Å². The summed E-state index contributed by atoms with van der Waals surface area (Å²) in [5, 5.41) is 14.9. The average Bonchev–Trinajstić information content (AvgIpc) is 3.69. The zero-order chi connectivity index (χ0) is 40.5. The van der Waals surface area contributed by atoms with Gasteiger partial charge in [-0.25, -0.2) is 0 Å². The third-order valence-electron chi connectivity index (χ3n) is 12.0. The van der Waals surface area contributed by atoms with Crippen LogP contribution in [0.1, 0.15) is 124 Å². The number of aliphatic hydroxyl groups excluding tert-OH is 1. The number of aliphatic hydroxyl groups is 1. The minimum atomic E-state index is -0.337. The molecule has 3 heterocycles. The smallest absolute Gasteiger partial charge is 0.219 e. The number of aromatic nitrogens is 1. The molecule has 301 valence electrons. The number of ketones is 1.